The molecule has 3 aromatic heterocycles. The summed E-state index contributed by atoms with van der Waals surface area (Å²) in [7, 11) is 1.53. The highest BCUT2D eigenvalue weighted by Gasteiger charge is 2.35. The molecule has 4 heterocycles. The van der Waals surface area contributed by atoms with Crippen molar-refractivity contribution in [1.82, 2.24) is 34.5 Å². The van der Waals surface area contributed by atoms with Crippen LogP contribution in [-0.2, 0) is 17.5 Å². The number of nitrogens with one attached hydrogen (secondary N) is 1. The summed E-state index contributed by atoms with van der Waals surface area (Å²) < 4.78 is 53.7. The molecule has 0 atom stereocenters. The minimum Gasteiger partial charge on any atom is -0.480 e. The fourth-order valence-corrected chi connectivity index (χ4v) is 5.59. The van der Waals surface area contributed by atoms with E-state index in [2.05, 4.69) is 35.2 Å². The molecular weight excluding hydrogens is 625 g/mol. The van der Waals surface area contributed by atoms with E-state index in [9.17, 15) is 18.0 Å². The Morgan fingerprint density at radius 2 is 1.81 bits per heavy atom. The van der Waals surface area contributed by atoms with Crippen molar-refractivity contribution in [2.75, 3.05) is 12.4 Å². The topological polar surface area (TPSA) is 130 Å². The molecule has 244 valence electrons. The van der Waals surface area contributed by atoms with Crippen LogP contribution >= 0.6 is 0 Å². The molecule has 0 unspecified atom stereocenters. The normalized spacial score (nSPS) is 15.1. The number of hydrogen-bond acceptors (Lipinski definition) is 10. The number of carbonyl (C=O) groups excluding carboxylic acids is 1. The number of benzene rings is 2. The number of imidazole rings is 1. The number of nitrogens with zero attached hydrogens (tertiary/aromatic N) is 7. The summed E-state index contributed by atoms with van der Waals surface area (Å²) in [6.45, 7) is 3.78. The third-order valence-corrected chi connectivity index (χ3v) is 8.12. The zero-order valence-corrected chi connectivity index (χ0v) is 26.1. The first kappa shape index (κ1) is 31.0. The highest BCUT2D eigenvalue weighted by molar-refractivity contribution is 6.05. The molecule has 48 heavy (non-hydrogen) atoms. The van der Waals surface area contributed by atoms with E-state index < -0.39 is 17.8 Å². The Hall–Kier alpha value is -5.66. The summed E-state index contributed by atoms with van der Waals surface area (Å²) in [6, 6.07) is 11.9. The van der Waals surface area contributed by atoms with Gasteiger partial charge in [0, 0.05) is 35.8 Å². The molecule has 0 amide bonds. The standard InChI is InChI=1S/C34H29F3N8O3/c1-18(2)45-15-26(34(35,36)37)43-30(45)20-10-11-21(22(12-20)13-25-23-6-4-5-7-24(23)32(46)48-25)14-38-33-42-17-40-29(44-33)27-28(19-8-9-19)39-16-41-31(27)47-3/h4-7,10-13,15-19H,8-9,14H2,1-3H3,(H,38,40,42,44)/b25-13-. The Kier molecular flexibility index (Phi) is 7.85. The molecule has 0 bridgehead atoms. The molecule has 1 saturated carbocycles. The van der Waals surface area contributed by atoms with Crippen LogP contribution in [0.2, 0.25) is 0 Å². The zero-order chi connectivity index (χ0) is 33.6. The summed E-state index contributed by atoms with van der Waals surface area (Å²) in [6.07, 6.45) is 2.97. The highest BCUT2D eigenvalue weighted by atomic mass is 19.4. The van der Waals surface area contributed by atoms with Gasteiger partial charge in [-0.2, -0.15) is 18.2 Å². The van der Waals surface area contributed by atoms with Gasteiger partial charge < -0.3 is 19.4 Å². The molecule has 1 N–H and O–H groups in total. The predicted molar refractivity (Wildman–Crippen MR) is 169 cm³/mol. The Labute approximate surface area is 273 Å². The van der Waals surface area contributed by atoms with Gasteiger partial charge in [0.05, 0.1) is 18.4 Å². The highest BCUT2D eigenvalue weighted by Crippen LogP contribution is 2.45. The van der Waals surface area contributed by atoms with E-state index in [1.807, 2.05) is 0 Å². The fourth-order valence-electron chi connectivity index (χ4n) is 5.59. The van der Waals surface area contributed by atoms with Gasteiger partial charge in [-0.05, 0) is 56.0 Å². The van der Waals surface area contributed by atoms with E-state index in [0.717, 1.165) is 30.3 Å². The van der Waals surface area contributed by atoms with E-state index in [1.54, 1.807) is 62.4 Å². The smallest absolute Gasteiger partial charge is 0.434 e. The molecule has 2 aromatic carbocycles. The lowest BCUT2D eigenvalue weighted by atomic mass is 10.0. The van der Waals surface area contributed by atoms with Crippen LogP contribution < -0.4 is 10.1 Å². The Morgan fingerprint density at radius 3 is 2.54 bits per heavy atom. The van der Waals surface area contributed by atoms with E-state index >= 15 is 0 Å². The molecule has 11 nitrogen and oxygen atoms in total. The summed E-state index contributed by atoms with van der Waals surface area (Å²) in [5.74, 6) is 1.29. The van der Waals surface area contributed by atoms with Gasteiger partial charge >= 0.3 is 12.1 Å². The second-order valence-corrected chi connectivity index (χ2v) is 11.7. The Bertz CT molecular complexity index is 2070. The number of fused-ring (bicyclic) bond motifs is 1. The number of aromatic nitrogens is 7. The summed E-state index contributed by atoms with van der Waals surface area (Å²) in [4.78, 5) is 38.6. The maximum absolute atomic E-state index is 13.7. The van der Waals surface area contributed by atoms with Crippen LogP contribution in [-0.4, -0.2) is 47.6 Å². The van der Waals surface area contributed by atoms with Gasteiger partial charge in [-0.3, -0.25) is 0 Å². The number of halogens is 3. The van der Waals surface area contributed by atoms with Gasteiger partial charge in [0.15, 0.2) is 11.5 Å². The maximum Gasteiger partial charge on any atom is 0.434 e. The summed E-state index contributed by atoms with van der Waals surface area (Å²) >= 11 is 0. The van der Waals surface area contributed by atoms with Gasteiger partial charge in [-0.1, -0.05) is 30.3 Å². The fraction of sp³-hybridized carbons (Fsp3) is 0.265. The quantitative estimate of drug-likeness (QED) is 0.167. The van der Waals surface area contributed by atoms with E-state index in [1.165, 1.54) is 24.3 Å². The first-order valence-electron chi connectivity index (χ1n) is 15.3. The monoisotopic (exact) mass is 654 g/mol. The maximum atomic E-state index is 13.7. The molecule has 14 heteroatoms. The average Bonchev–Trinajstić information content (AvgIpc) is 3.74. The lowest BCUT2D eigenvalue weighted by Crippen LogP contribution is -2.08. The molecular formula is C34H29F3N8O3. The SMILES string of the molecule is COc1ncnc(C2CC2)c1-c1ncnc(NCc2ccc(-c3nc(C(F)(F)F)cn3C(C)C)cc2/C=C2\OC(=O)c3ccccc32)n1. The predicted octanol–water partition coefficient (Wildman–Crippen LogP) is 6.96. The molecule has 5 aromatic rings. The summed E-state index contributed by atoms with van der Waals surface area (Å²) in [5, 5.41) is 3.23. The second-order valence-electron chi connectivity index (χ2n) is 11.7. The number of rotatable bonds is 9. The number of esters is 1. The van der Waals surface area contributed by atoms with E-state index in [-0.39, 0.29) is 30.3 Å². The van der Waals surface area contributed by atoms with E-state index in [0.29, 0.717) is 45.3 Å². The van der Waals surface area contributed by atoms with Crippen LogP contribution in [0.5, 0.6) is 5.88 Å². The number of hydrogen-bond donors (Lipinski definition) is 1. The van der Waals surface area contributed by atoms with Crippen molar-refractivity contribution < 1.29 is 27.4 Å². The third kappa shape index (κ3) is 5.96. The minimum atomic E-state index is -4.61. The molecule has 1 fully saturated rings. The van der Waals surface area contributed by atoms with Crippen LogP contribution in [0.3, 0.4) is 0 Å². The van der Waals surface area contributed by atoms with Gasteiger partial charge in [0.25, 0.3) is 0 Å². The van der Waals surface area contributed by atoms with Gasteiger partial charge in [0.2, 0.25) is 11.8 Å². The third-order valence-electron chi connectivity index (χ3n) is 8.12. The van der Waals surface area contributed by atoms with Crippen molar-refractivity contribution >= 4 is 23.8 Å². The van der Waals surface area contributed by atoms with Crippen molar-refractivity contribution in [3.8, 4) is 28.7 Å². The van der Waals surface area contributed by atoms with Crippen molar-refractivity contribution in [3.05, 3.63) is 95.0 Å². The minimum absolute atomic E-state index is 0.160. The first-order valence-corrected chi connectivity index (χ1v) is 15.3. The molecule has 0 radical (unpaired) electrons. The van der Waals surface area contributed by atoms with Crippen molar-refractivity contribution in [2.45, 2.75) is 51.4 Å². The number of alkyl halides is 3. The number of cyclic esters (lactones) is 1. The molecule has 0 spiro atoms. The Morgan fingerprint density at radius 1 is 1.04 bits per heavy atom. The van der Waals surface area contributed by atoms with Crippen molar-refractivity contribution in [2.24, 2.45) is 0 Å². The van der Waals surface area contributed by atoms with Crippen LogP contribution in [0.15, 0.2) is 61.3 Å². The Balaban J connectivity index is 1.27. The molecule has 1 aliphatic carbocycles. The summed E-state index contributed by atoms with van der Waals surface area (Å²) in [5.41, 5.74) is 3.27. The second kappa shape index (κ2) is 12.2. The van der Waals surface area contributed by atoms with Gasteiger partial charge in [-0.15, -0.1) is 0 Å². The van der Waals surface area contributed by atoms with Crippen LogP contribution in [0.25, 0.3) is 34.6 Å². The zero-order valence-electron chi connectivity index (χ0n) is 26.1. The van der Waals surface area contributed by atoms with Crippen molar-refractivity contribution in [1.29, 1.82) is 0 Å². The van der Waals surface area contributed by atoms with Gasteiger partial charge in [-0.25, -0.2) is 29.7 Å². The van der Waals surface area contributed by atoms with E-state index in [4.69, 9.17) is 9.47 Å². The lowest BCUT2D eigenvalue weighted by molar-refractivity contribution is -0.140. The number of ether oxygens (including phenoxy) is 2. The molecule has 1 aliphatic heterocycles. The molecule has 2 aliphatic rings. The molecule has 7 rings (SSSR count). The van der Waals surface area contributed by atoms with Crippen LogP contribution in [0, 0.1) is 0 Å². The number of carbonyl (C=O) groups is 1. The molecule has 0 saturated heterocycles. The number of methoxy groups -OCH3 is 1. The lowest BCUT2D eigenvalue weighted by Gasteiger charge is -2.15. The van der Waals surface area contributed by atoms with Crippen LogP contribution in [0.4, 0.5) is 19.1 Å². The van der Waals surface area contributed by atoms with Crippen molar-refractivity contribution in [3.63, 3.8) is 0 Å². The number of anilines is 1. The average molecular weight is 655 g/mol. The first-order chi connectivity index (χ1) is 23.1. The van der Waals surface area contributed by atoms with Crippen LogP contribution in [0.1, 0.15) is 77.1 Å². The van der Waals surface area contributed by atoms with Gasteiger partial charge in [0.1, 0.15) is 29.8 Å². The largest absolute Gasteiger partial charge is 0.480 e.